The van der Waals surface area contributed by atoms with Crippen molar-refractivity contribution in [1.29, 1.82) is 10.5 Å². The van der Waals surface area contributed by atoms with E-state index in [2.05, 4.69) is 22.1 Å². The highest BCUT2D eigenvalue weighted by Crippen LogP contribution is 2.63. The highest BCUT2D eigenvalue weighted by Gasteiger charge is 2.48. The molecule has 2 fully saturated rings. The summed E-state index contributed by atoms with van der Waals surface area (Å²) in [7, 11) is 1.32. The first-order valence-electron chi connectivity index (χ1n) is 24.7. The zero-order valence-electron chi connectivity index (χ0n) is 43.4. The molecule has 2 aliphatic heterocycles. The van der Waals surface area contributed by atoms with Crippen molar-refractivity contribution in [2.24, 2.45) is 0 Å². The first-order valence-corrected chi connectivity index (χ1v) is 28.9. The standard InChI is InChI=1S/C52H64N8O13P2S/c1-34(2)60(35(3)4)74(68-27-11-24-53)72-42-29-47(58-26-23-46(55)56-50(58)62)71-45(42)33-69-75(64,76-28-12-25-54)73-43-30-48(59-31-36(5)49(61)57-51(59)63)70-44(43)32-67-52(37-13-9-8-10-14-37,38-15-19-40(65-6)20-16-38)39-17-21-41(66-7)22-18-39/h8-10,13-23,26,31,34-35,42-45,47-48H,11-12,27-30,32-33H2,1-7H3,(H2,55,56,62)(H,57,61,63)/t42-,43-,44+,45+,47+,48+,74?,75?/m0/s1. The third-order valence-electron chi connectivity index (χ3n) is 12.6. The Kier molecular flexibility index (Phi) is 20.3. The van der Waals surface area contributed by atoms with Gasteiger partial charge >= 0.3 is 18.2 Å². The number of aryl methyl sites for hydroxylation is 1. The van der Waals surface area contributed by atoms with Gasteiger partial charge in [-0.25, -0.2) is 18.8 Å². The van der Waals surface area contributed by atoms with Crippen molar-refractivity contribution >= 4 is 32.5 Å². The number of nitrogen functional groups attached to an aromatic ring is 1. The lowest BCUT2D eigenvalue weighted by Gasteiger charge is -2.37. The van der Waals surface area contributed by atoms with Gasteiger partial charge in [-0.3, -0.25) is 28.0 Å². The number of methoxy groups -OCH3 is 2. The maximum absolute atomic E-state index is 15.5. The van der Waals surface area contributed by atoms with Crippen molar-refractivity contribution < 1.29 is 46.3 Å². The third kappa shape index (κ3) is 13.9. The van der Waals surface area contributed by atoms with Gasteiger partial charge in [-0.15, -0.1) is 0 Å². The van der Waals surface area contributed by atoms with E-state index in [-0.39, 0.29) is 68.1 Å². The summed E-state index contributed by atoms with van der Waals surface area (Å²) in [6, 6.07) is 30.0. The van der Waals surface area contributed by atoms with Gasteiger partial charge in [-0.1, -0.05) is 54.6 Å². The lowest BCUT2D eigenvalue weighted by molar-refractivity contribution is -0.0928. The predicted octanol–water partition coefficient (Wildman–Crippen LogP) is 8.10. The summed E-state index contributed by atoms with van der Waals surface area (Å²) in [4.78, 5) is 45.5. The number of hydrogen-bond donors (Lipinski definition) is 2. The van der Waals surface area contributed by atoms with Crippen molar-refractivity contribution in [2.75, 3.05) is 45.5 Å². The van der Waals surface area contributed by atoms with Crippen molar-refractivity contribution in [1.82, 2.24) is 23.8 Å². The minimum atomic E-state index is -4.38. The monoisotopic (exact) mass is 1100 g/mol. The van der Waals surface area contributed by atoms with Crippen LogP contribution in [0.5, 0.6) is 11.5 Å². The molecule has 8 atom stereocenters. The summed E-state index contributed by atoms with van der Waals surface area (Å²) < 4.78 is 77.7. The van der Waals surface area contributed by atoms with Crippen molar-refractivity contribution in [2.45, 2.75) is 115 Å². The number of nitriles is 2. The number of H-pyrrole nitrogens is 1. The fraction of sp³-hybridized carbons (Fsp3) is 0.462. The van der Waals surface area contributed by atoms with E-state index in [1.807, 2.05) is 111 Å². The molecule has 21 nitrogen and oxygen atoms in total. The predicted molar refractivity (Wildman–Crippen MR) is 285 cm³/mol. The molecule has 3 aromatic carbocycles. The highest BCUT2D eigenvalue weighted by atomic mass is 32.7. The molecule has 76 heavy (non-hydrogen) atoms. The van der Waals surface area contributed by atoms with Gasteiger partial charge in [0.2, 0.25) is 0 Å². The first-order chi connectivity index (χ1) is 36.5. The summed E-state index contributed by atoms with van der Waals surface area (Å²) in [6.45, 7) is 4.63. The average Bonchev–Trinajstić information content (AvgIpc) is 4.01. The Morgan fingerprint density at radius 2 is 1.42 bits per heavy atom. The zero-order valence-corrected chi connectivity index (χ0v) is 46.0. The van der Waals surface area contributed by atoms with Gasteiger partial charge in [-0.2, -0.15) is 15.5 Å². The number of ether oxygens (including phenoxy) is 5. The molecule has 2 unspecified atom stereocenters. The summed E-state index contributed by atoms with van der Waals surface area (Å²) in [5.41, 5.74) is 4.98. The fourth-order valence-electron chi connectivity index (χ4n) is 9.03. The van der Waals surface area contributed by atoms with Crippen LogP contribution in [0.2, 0.25) is 0 Å². The smallest absolute Gasteiger partial charge is 0.389 e. The average molecular weight is 1100 g/mol. The van der Waals surface area contributed by atoms with E-state index >= 15 is 4.57 Å². The summed E-state index contributed by atoms with van der Waals surface area (Å²) >= 11 is 0.807. The Morgan fingerprint density at radius 3 is 2.00 bits per heavy atom. The molecule has 406 valence electrons. The van der Waals surface area contributed by atoms with E-state index in [4.69, 9.17) is 47.5 Å². The molecule has 0 bridgehead atoms. The molecule has 3 N–H and O–H groups in total. The number of hydrogen-bond acceptors (Lipinski definition) is 19. The van der Waals surface area contributed by atoms with Crippen LogP contribution in [0.15, 0.2) is 112 Å². The first kappa shape index (κ1) is 58.0. The van der Waals surface area contributed by atoms with Crippen LogP contribution < -0.4 is 32.1 Å². The van der Waals surface area contributed by atoms with Gasteiger partial charge in [0.05, 0.1) is 58.7 Å². The number of nitrogens with two attached hydrogens (primary N) is 1. The number of nitrogens with one attached hydrogen (secondary N) is 1. The molecule has 0 spiro atoms. The minimum absolute atomic E-state index is 0.0154. The van der Waals surface area contributed by atoms with Gasteiger partial charge in [0.25, 0.3) is 14.1 Å². The van der Waals surface area contributed by atoms with Crippen LogP contribution in [0.1, 0.15) is 88.1 Å². The Morgan fingerprint density at radius 1 is 0.842 bits per heavy atom. The molecule has 0 saturated carbocycles. The van der Waals surface area contributed by atoms with Gasteiger partial charge in [0.15, 0.2) is 0 Å². The van der Waals surface area contributed by atoms with Gasteiger partial charge in [0.1, 0.15) is 53.7 Å². The molecule has 5 aromatic rings. The zero-order chi connectivity index (χ0) is 54.6. The number of anilines is 1. The van der Waals surface area contributed by atoms with Gasteiger partial charge in [0, 0.05) is 55.1 Å². The molecule has 7 rings (SSSR count). The lowest BCUT2D eigenvalue weighted by Crippen LogP contribution is -2.38. The molecule has 0 amide bonds. The van der Waals surface area contributed by atoms with Gasteiger partial charge in [-0.05, 0) is 93.0 Å². The van der Waals surface area contributed by atoms with Crippen molar-refractivity contribution in [3.8, 4) is 23.6 Å². The Hall–Kier alpha value is -5.71. The van der Waals surface area contributed by atoms with Crippen LogP contribution in [0.25, 0.3) is 0 Å². The summed E-state index contributed by atoms with van der Waals surface area (Å²) in [6.07, 6.45) is -3.00. The van der Waals surface area contributed by atoms with E-state index in [0.717, 1.165) is 28.1 Å². The van der Waals surface area contributed by atoms with E-state index in [1.165, 1.54) is 27.6 Å². The second-order valence-corrected chi connectivity index (χ2v) is 23.9. The Bertz CT molecular complexity index is 2970. The van der Waals surface area contributed by atoms with E-state index < -0.39 is 81.3 Å². The minimum Gasteiger partial charge on any atom is -0.497 e. The topological polar surface area (TPSA) is 267 Å². The second-order valence-electron chi connectivity index (χ2n) is 18.4. The molecule has 4 heterocycles. The highest BCUT2D eigenvalue weighted by molar-refractivity contribution is 8.55. The number of benzene rings is 3. The molecule has 2 aromatic heterocycles. The van der Waals surface area contributed by atoms with E-state index in [1.54, 1.807) is 21.1 Å². The summed E-state index contributed by atoms with van der Waals surface area (Å²) in [5, 5.41) is 19.0. The van der Waals surface area contributed by atoms with Gasteiger partial charge < -0.3 is 38.5 Å². The lowest BCUT2D eigenvalue weighted by atomic mass is 9.80. The molecular weight excluding hydrogens is 1040 g/mol. The molecule has 2 aliphatic rings. The quantitative estimate of drug-likeness (QED) is 0.0301. The van der Waals surface area contributed by atoms with E-state index in [9.17, 15) is 24.9 Å². The number of aromatic nitrogens is 4. The van der Waals surface area contributed by atoms with Crippen molar-refractivity contribution in [3.63, 3.8) is 0 Å². The van der Waals surface area contributed by atoms with Crippen LogP contribution in [0.3, 0.4) is 0 Å². The normalized spacial score (nSPS) is 20.8. The molecule has 0 aliphatic carbocycles. The number of nitrogens with zero attached hydrogens (tertiary/aromatic N) is 6. The van der Waals surface area contributed by atoms with Crippen LogP contribution in [0.4, 0.5) is 5.82 Å². The van der Waals surface area contributed by atoms with Crippen molar-refractivity contribution in [3.05, 3.63) is 151 Å². The molecule has 2 saturated heterocycles. The fourth-order valence-corrected chi connectivity index (χ4v) is 14.1. The maximum Gasteiger partial charge on any atom is 0.389 e. The maximum atomic E-state index is 15.5. The van der Waals surface area contributed by atoms with E-state index in [0.29, 0.717) is 11.5 Å². The molecule has 0 radical (unpaired) electrons. The Labute approximate surface area is 446 Å². The van der Waals surface area contributed by atoms with Crippen LogP contribution >= 0.6 is 26.7 Å². The second kappa shape index (κ2) is 26.6. The summed E-state index contributed by atoms with van der Waals surface area (Å²) in [5.74, 6) is 1.29. The number of rotatable bonds is 26. The van der Waals surface area contributed by atoms with Crippen LogP contribution in [0, 0.1) is 29.6 Å². The molecule has 24 heteroatoms. The molecular formula is C52H64N8O13P2S. The SMILES string of the molecule is COc1ccc(C(OC[C@H]2O[C@@H](n3cc(C)c(=O)[nH]c3=O)C[C@@H]2OP(=O)(OC[C@H]2O[C@@H](n3ccc(N)nc3=O)C[C@@H]2OP(OCCC#N)N(C(C)C)C(C)C)SCCC#N)(c2ccccc2)c2ccc(OC)cc2)cc1. The third-order valence-corrected chi connectivity index (χ3v) is 18.6. The van der Waals surface area contributed by atoms with Crippen LogP contribution in [-0.2, 0) is 42.5 Å². The Balaban J connectivity index is 1.26. The number of aromatic amines is 1. The van der Waals surface area contributed by atoms with Crippen LogP contribution in [-0.4, -0.2) is 100 Å². The largest absolute Gasteiger partial charge is 0.497 e.